The van der Waals surface area contributed by atoms with E-state index in [1.807, 2.05) is 36.7 Å². The maximum atomic E-state index is 9.08. The van der Waals surface area contributed by atoms with Crippen LogP contribution < -0.4 is 21.1 Å². The van der Waals surface area contributed by atoms with E-state index in [-0.39, 0.29) is 11.7 Å². The second kappa shape index (κ2) is 11.5. The van der Waals surface area contributed by atoms with Gasteiger partial charge in [0, 0.05) is 24.5 Å². The van der Waals surface area contributed by atoms with Crippen molar-refractivity contribution >= 4 is 11.6 Å². The Morgan fingerprint density at radius 3 is 2.62 bits per heavy atom. The summed E-state index contributed by atoms with van der Waals surface area (Å²) in [6.45, 7) is 2.66. The molecule has 2 aromatic carbocycles. The molecule has 5 rings (SSSR count). The molecule has 9 nitrogen and oxygen atoms in total. The first-order valence-electron chi connectivity index (χ1n) is 12.3. The zero-order chi connectivity index (χ0) is 25.5. The lowest BCUT2D eigenvalue weighted by atomic mass is 9.92. The van der Waals surface area contributed by atoms with Crippen molar-refractivity contribution in [1.82, 2.24) is 25.3 Å². The fourth-order valence-electron chi connectivity index (χ4n) is 4.35. The molecule has 0 amide bonds. The summed E-state index contributed by atoms with van der Waals surface area (Å²) >= 11 is 0. The third-order valence-corrected chi connectivity index (χ3v) is 6.30. The van der Waals surface area contributed by atoms with Crippen molar-refractivity contribution < 1.29 is 4.74 Å². The minimum Gasteiger partial charge on any atom is -0.437 e. The number of nitrogens with two attached hydrogens (primary N) is 1. The smallest absolute Gasteiger partial charge is 0.239 e. The van der Waals surface area contributed by atoms with Gasteiger partial charge in [0.15, 0.2) is 17.5 Å². The predicted molar refractivity (Wildman–Crippen MR) is 142 cm³/mol. The molecule has 9 heteroatoms. The molecule has 0 atom stereocenters. The van der Waals surface area contributed by atoms with Crippen LogP contribution in [0.1, 0.15) is 29.5 Å². The van der Waals surface area contributed by atoms with Crippen molar-refractivity contribution in [3.8, 4) is 29.1 Å². The summed E-state index contributed by atoms with van der Waals surface area (Å²) in [4.78, 5) is 17.9. The van der Waals surface area contributed by atoms with Crippen LogP contribution in [0.3, 0.4) is 0 Å². The van der Waals surface area contributed by atoms with E-state index in [1.165, 1.54) is 24.6 Å². The number of nitriles is 1. The van der Waals surface area contributed by atoms with Gasteiger partial charge in [-0.15, -0.1) is 0 Å². The number of aromatic nitrogens is 4. The number of rotatable bonds is 8. The van der Waals surface area contributed by atoms with Gasteiger partial charge in [0.05, 0.1) is 17.8 Å². The van der Waals surface area contributed by atoms with Crippen molar-refractivity contribution in [3.63, 3.8) is 0 Å². The number of nitrogens with one attached hydrogen (secondary N) is 2. The van der Waals surface area contributed by atoms with E-state index in [0.29, 0.717) is 35.4 Å². The summed E-state index contributed by atoms with van der Waals surface area (Å²) in [6, 6.07) is 17.0. The Labute approximate surface area is 215 Å². The summed E-state index contributed by atoms with van der Waals surface area (Å²) in [6.07, 6.45) is 8.78. The first kappa shape index (κ1) is 24.2. The number of nitrogen functional groups attached to an aromatic ring is 1. The number of piperidine rings is 1. The van der Waals surface area contributed by atoms with E-state index in [4.69, 9.17) is 15.7 Å². The van der Waals surface area contributed by atoms with Crippen LogP contribution in [0.5, 0.6) is 11.6 Å². The lowest BCUT2D eigenvalue weighted by molar-refractivity contribution is 0.372. The maximum absolute atomic E-state index is 9.08. The highest BCUT2D eigenvalue weighted by atomic mass is 16.5. The summed E-state index contributed by atoms with van der Waals surface area (Å²) in [7, 11) is 0. The fraction of sp³-hybridized carbons (Fsp3) is 0.250. The monoisotopic (exact) mass is 492 g/mol. The normalized spacial score (nSPS) is 13.6. The number of hydrogen-bond donors (Lipinski definition) is 3. The van der Waals surface area contributed by atoms with Gasteiger partial charge in [0.25, 0.3) is 0 Å². The summed E-state index contributed by atoms with van der Waals surface area (Å²) < 4.78 is 5.76. The van der Waals surface area contributed by atoms with Gasteiger partial charge >= 0.3 is 0 Å². The molecular formula is C28H28N8O. The van der Waals surface area contributed by atoms with Crippen molar-refractivity contribution in [2.75, 3.05) is 24.1 Å². The summed E-state index contributed by atoms with van der Waals surface area (Å²) in [5.41, 5.74) is 9.69. The Hall–Kier alpha value is -4.55. The molecule has 37 heavy (non-hydrogen) atoms. The molecule has 0 spiro atoms. The van der Waals surface area contributed by atoms with Gasteiger partial charge in [-0.1, -0.05) is 24.3 Å². The van der Waals surface area contributed by atoms with Gasteiger partial charge in [-0.3, -0.25) is 0 Å². The molecule has 3 heterocycles. The first-order valence-corrected chi connectivity index (χ1v) is 12.3. The first-order chi connectivity index (χ1) is 18.2. The minimum atomic E-state index is 0.266. The quantitative estimate of drug-likeness (QED) is 0.328. The Kier molecular flexibility index (Phi) is 7.48. The van der Waals surface area contributed by atoms with Crippen LogP contribution in [0, 0.1) is 17.2 Å². The second-order valence-corrected chi connectivity index (χ2v) is 9.05. The van der Waals surface area contributed by atoms with Crippen LogP contribution in [-0.4, -0.2) is 33.0 Å². The molecule has 1 saturated heterocycles. The molecule has 0 bridgehead atoms. The predicted octanol–water partition coefficient (Wildman–Crippen LogP) is 4.33. The zero-order valence-corrected chi connectivity index (χ0v) is 20.4. The molecular weight excluding hydrogens is 464 g/mol. The number of anilines is 2. The Bertz CT molecular complexity index is 1390. The second-order valence-electron chi connectivity index (χ2n) is 9.05. The Morgan fingerprint density at radius 2 is 1.81 bits per heavy atom. The van der Waals surface area contributed by atoms with Crippen molar-refractivity contribution in [2.24, 2.45) is 5.92 Å². The summed E-state index contributed by atoms with van der Waals surface area (Å²) in [5, 5.41) is 15.7. The van der Waals surface area contributed by atoms with E-state index >= 15 is 0 Å². The Morgan fingerprint density at radius 1 is 1.00 bits per heavy atom. The van der Waals surface area contributed by atoms with E-state index in [2.05, 4.69) is 36.6 Å². The zero-order valence-electron chi connectivity index (χ0n) is 20.4. The molecule has 1 aliphatic heterocycles. The standard InChI is InChI=1S/C28H28N8O/c29-14-20-3-2-6-24(13-20)37-25-18-32-26(30)28(36-25)35-15-21-4-1-5-23(12-21)27-33-16-22(17-34-27)11-19-7-9-31-10-8-19/h1-6,12-13,16-19,31H,7-11,15H2,(H2,30,32)(H,35,36). The third kappa shape index (κ3) is 6.37. The largest absolute Gasteiger partial charge is 0.437 e. The van der Waals surface area contributed by atoms with Crippen LogP contribution in [0.15, 0.2) is 67.1 Å². The number of ether oxygens (including phenoxy) is 1. The molecule has 0 unspecified atom stereocenters. The Balaban J connectivity index is 1.23. The van der Waals surface area contributed by atoms with Gasteiger partial charge in [0.1, 0.15) is 5.75 Å². The van der Waals surface area contributed by atoms with E-state index < -0.39 is 0 Å². The van der Waals surface area contributed by atoms with Crippen molar-refractivity contribution in [2.45, 2.75) is 25.8 Å². The van der Waals surface area contributed by atoms with E-state index in [1.54, 1.807) is 24.3 Å². The molecule has 0 aliphatic carbocycles. The van der Waals surface area contributed by atoms with Crippen molar-refractivity contribution in [3.05, 3.63) is 83.8 Å². The molecule has 4 aromatic rings. The van der Waals surface area contributed by atoms with Gasteiger partial charge < -0.3 is 21.1 Å². The molecule has 0 saturated carbocycles. The highest BCUT2D eigenvalue weighted by molar-refractivity contribution is 5.59. The molecule has 1 fully saturated rings. The molecule has 1 aliphatic rings. The van der Waals surface area contributed by atoms with Crippen molar-refractivity contribution in [1.29, 1.82) is 5.26 Å². The van der Waals surface area contributed by atoms with Gasteiger partial charge in [-0.2, -0.15) is 10.2 Å². The average Bonchev–Trinajstić information content (AvgIpc) is 2.94. The van der Waals surface area contributed by atoms with Crippen LogP contribution >= 0.6 is 0 Å². The SMILES string of the molecule is N#Cc1cccc(Oc2cnc(N)c(NCc3cccc(-c4ncc(CC5CCNCC5)cn4)c3)n2)c1. The minimum absolute atomic E-state index is 0.266. The maximum Gasteiger partial charge on any atom is 0.239 e. The summed E-state index contributed by atoms with van der Waals surface area (Å²) in [5.74, 6) is 2.86. The molecule has 0 radical (unpaired) electrons. The number of nitrogens with zero attached hydrogens (tertiary/aromatic N) is 5. The number of hydrogen-bond acceptors (Lipinski definition) is 9. The number of benzene rings is 2. The van der Waals surface area contributed by atoms with Crippen LogP contribution in [0.4, 0.5) is 11.6 Å². The van der Waals surface area contributed by atoms with Crippen LogP contribution in [0.2, 0.25) is 0 Å². The van der Waals surface area contributed by atoms with Gasteiger partial charge in [-0.05, 0) is 73.7 Å². The highest BCUT2D eigenvalue weighted by Gasteiger charge is 2.14. The average molecular weight is 493 g/mol. The molecule has 4 N–H and O–H groups in total. The van der Waals surface area contributed by atoms with E-state index in [0.717, 1.165) is 30.6 Å². The van der Waals surface area contributed by atoms with E-state index in [9.17, 15) is 0 Å². The van der Waals surface area contributed by atoms with Gasteiger partial charge in [-0.25, -0.2) is 15.0 Å². The fourth-order valence-corrected chi connectivity index (χ4v) is 4.35. The van der Waals surface area contributed by atoms with Crippen LogP contribution in [0.25, 0.3) is 11.4 Å². The van der Waals surface area contributed by atoms with Gasteiger partial charge in [0.2, 0.25) is 5.88 Å². The highest BCUT2D eigenvalue weighted by Crippen LogP contribution is 2.24. The molecule has 186 valence electrons. The molecule has 2 aromatic heterocycles. The lowest BCUT2D eigenvalue weighted by Crippen LogP contribution is -2.28. The van der Waals surface area contributed by atoms with Crippen LogP contribution in [-0.2, 0) is 13.0 Å². The third-order valence-electron chi connectivity index (χ3n) is 6.30. The lowest BCUT2D eigenvalue weighted by Gasteiger charge is -2.22. The topological polar surface area (TPSA) is 135 Å².